The number of amides is 1. The Kier molecular flexibility index (Phi) is 3.50. The highest BCUT2D eigenvalue weighted by Gasteiger charge is 2.30. The van der Waals surface area contributed by atoms with Crippen molar-refractivity contribution in [2.45, 2.75) is 44.7 Å². The minimum Gasteiger partial charge on any atom is -0.394 e. The predicted molar refractivity (Wildman–Crippen MR) is 54.6 cm³/mol. The molecule has 0 aromatic heterocycles. The number of aliphatic hydroxyl groups excluding tert-OH is 1. The van der Waals surface area contributed by atoms with Gasteiger partial charge in [-0.05, 0) is 33.1 Å². The molecule has 0 saturated heterocycles. The van der Waals surface area contributed by atoms with Gasteiger partial charge in [0.2, 0.25) is 5.91 Å². The van der Waals surface area contributed by atoms with E-state index in [2.05, 4.69) is 5.32 Å². The van der Waals surface area contributed by atoms with Crippen molar-refractivity contribution in [1.82, 2.24) is 5.32 Å². The van der Waals surface area contributed by atoms with Crippen molar-refractivity contribution in [2.24, 2.45) is 11.7 Å². The lowest BCUT2D eigenvalue weighted by molar-refractivity contribution is -0.126. The first-order valence-electron chi connectivity index (χ1n) is 5.13. The number of rotatable bonds is 3. The summed E-state index contributed by atoms with van der Waals surface area (Å²) in [5.41, 5.74) is 5.21. The van der Waals surface area contributed by atoms with Crippen LogP contribution in [0.25, 0.3) is 0 Å². The zero-order valence-electron chi connectivity index (χ0n) is 8.92. The maximum atomic E-state index is 11.7. The minimum atomic E-state index is -0.524. The van der Waals surface area contributed by atoms with Crippen molar-refractivity contribution in [3.05, 3.63) is 0 Å². The Morgan fingerprint density at radius 2 is 2.21 bits per heavy atom. The van der Waals surface area contributed by atoms with Crippen LogP contribution in [0.1, 0.15) is 33.1 Å². The van der Waals surface area contributed by atoms with E-state index in [1.54, 1.807) is 13.8 Å². The van der Waals surface area contributed by atoms with Gasteiger partial charge in [0.15, 0.2) is 0 Å². The molecule has 2 atom stereocenters. The third-order valence-corrected chi connectivity index (χ3v) is 2.70. The van der Waals surface area contributed by atoms with Crippen molar-refractivity contribution in [1.29, 1.82) is 0 Å². The second-order valence-electron chi connectivity index (χ2n) is 4.80. The molecule has 0 aromatic rings. The molecule has 1 aliphatic carbocycles. The molecule has 0 radical (unpaired) electrons. The number of nitrogens with two attached hydrogens (primary N) is 1. The largest absolute Gasteiger partial charge is 0.394 e. The molecule has 0 aromatic carbocycles. The lowest BCUT2D eigenvalue weighted by Gasteiger charge is -2.25. The van der Waals surface area contributed by atoms with Gasteiger partial charge in [0.1, 0.15) is 0 Å². The van der Waals surface area contributed by atoms with Crippen LogP contribution in [-0.4, -0.2) is 29.2 Å². The summed E-state index contributed by atoms with van der Waals surface area (Å²) < 4.78 is 0. The molecule has 0 aliphatic heterocycles. The zero-order valence-corrected chi connectivity index (χ0v) is 8.92. The monoisotopic (exact) mass is 200 g/mol. The van der Waals surface area contributed by atoms with Gasteiger partial charge in [-0.1, -0.05) is 0 Å². The van der Waals surface area contributed by atoms with Gasteiger partial charge in [-0.15, -0.1) is 0 Å². The van der Waals surface area contributed by atoms with Crippen molar-refractivity contribution >= 4 is 5.91 Å². The molecule has 1 amide bonds. The Bertz CT molecular complexity index is 216. The van der Waals surface area contributed by atoms with Crippen LogP contribution < -0.4 is 11.1 Å². The molecule has 4 N–H and O–H groups in total. The van der Waals surface area contributed by atoms with E-state index in [0.29, 0.717) is 0 Å². The third-order valence-electron chi connectivity index (χ3n) is 2.70. The van der Waals surface area contributed by atoms with Crippen molar-refractivity contribution < 1.29 is 9.90 Å². The summed E-state index contributed by atoms with van der Waals surface area (Å²) in [5, 5.41) is 11.8. The fourth-order valence-corrected chi connectivity index (χ4v) is 1.73. The topological polar surface area (TPSA) is 75.3 Å². The number of carbonyl (C=O) groups excluding carboxylic acids is 1. The first-order chi connectivity index (χ1) is 6.44. The van der Waals surface area contributed by atoms with Gasteiger partial charge in [0.05, 0.1) is 12.1 Å². The maximum absolute atomic E-state index is 11.7. The van der Waals surface area contributed by atoms with Crippen LogP contribution in [0.5, 0.6) is 0 Å². The number of carbonyl (C=O) groups is 1. The molecule has 2 unspecified atom stereocenters. The fraction of sp³-hybridized carbons (Fsp3) is 0.900. The molecule has 4 heteroatoms. The van der Waals surface area contributed by atoms with Crippen molar-refractivity contribution in [3.63, 3.8) is 0 Å². The van der Waals surface area contributed by atoms with Gasteiger partial charge in [0.25, 0.3) is 0 Å². The van der Waals surface area contributed by atoms with E-state index in [-0.39, 0.29) is 24.5 Å². The Morgan fingerprint density at radius 3 is 2.64 bits per heavy atom. The van der Waals surface area contributed by atoms with Crippen LogP contribution >= 0.6 is 0 Å². The molecule has 0 heterocycles. The molecule has 14 heavy (non-hydrogen) atoms. The average molecular weight is 200 g/mol. The van der Waals surface area contributed by atoms with E-state index in [1.807, 2.05) is 0 Å². The highest BCUT2D eigenvalue weighted by atomic mass is 16.3. The lowest BCUT2D eigenvalue weighted by Crippen LogP contribution is -2.48. The van der Waals surface area contributed by atoms with E-state index in [9.17, 15) is 4.79 Å². The van der Waals surface area contributed by atoms with E-state index < -0.39 is 5.54 Å². The molecule has 1 aliphatic rings. The van der Waals surface area contributed by atoms with Gasteiger partial charge in [0, 0.05) is 12.0 Å². The van der Waals surface area contributed by atoms with Gasteiger partial charge in [-0.3, -0.25) is 4.79 Å². The minimum absolute atomic E-state index is 0.0250. The van der Waals surface area contributed by atoms with Crippen LogP contribution in [0.4, 0.5) is 0 Å². The molecule has 4 nitrogen and oxygen atoms in total. The zero-order chi connectivity index (χ0) is 10.8. The van der Waals surface area contributed by atoms with Crippen LogP contribution in [0.2, 0.25) is 0 Å². The summed E-state index contributed by atoms with van der Waals surface area (Å²) >= 11 is 0. The Morgan fingerprint density at radius 1 is 1.57 bits per heavy atom. The molecular formula is C10H20N2O2. The number of nitrogens with one attached hydrogen (secondary N) is 1. The molecule has 1 saturated carbocycles. The standard InChI is InChI=1S/C10H20N2O2/c1-10(2,6-13)12-9(14)7-3-4-8(11)5-7/h7-8,13H,3-6,11H2,1-2H3,(H,12,14). The summed E-state index contributed by atoms with van der Waals surface area (Å²) in [7, 11) is 0. The summed E-state index contributed by atoms with van der Waals surface area (Å²) in [5.74, 6) is 0.0628. The molecule has 1 fully saturated rings. The summed E-state index contributed by atoms with van der Waals surface area (Å²) in [4.78, 5) is 11.7. The average Bonchev–Trinajstić information content (AvgIpc) is 2.51. The molecular weight excluding hydrogens is 180 g/mol. The molecule has 0 bridgehead atoms. The lowest BCUT2D eigenvalue weighted by atomic mass is 10.0. The molecule has 82 valence electrons. The summed E-state index contributed by atoms with van der Waals surface area (Å²) in [6.45, 7) is 3.57. The number of aliphatic hydroxyl groups is 1. The first kappa shape index (κ1) is 11.5. The number of hydrogen-bond acceptors (Lipinski definition) is 3. The Balaban J connectivity index is 2.43. The van der Waals surface area contributed by atoms with E-state index >= 15 is 0 Å². The van der Waals surface area contributed by atoms with E-state index in [0.717, 1.165) is 19.3 Å². The normalized spacial score (nSPS) is 27.7. The van der Waals surface area contributed by atoms with Gasteiger partial charge >= 0.3 is 0 Å². The second kappa shape index (κ2) is 4.28. The predicted octanol–water partition coefficient (Wildman–Crippen LogP) is 0.000900. The smallest absolute Gasteiger partial charge is 0.223 e. The third kappa shape index (κ3) is 2.96. The van der Waals surface area contributed by atoms with Crippen molar-refractivity contribution in [2.75, 3.05) is 6.61 Å². The Labute approximate surface area is 84.9 Å². The van der Waals surface area contributed by atoms with Crippen LogP contribution in [0.3, 0.4) is 0 Å². The maximum Gasteiger partial charge on any atom is 0.223 e. The first-order valence-corrected chi connectivity index (χ1v) is 5.13. The van der Waals surface area contributed by atoms with Crippen molar-refractivity contribution in [3.8, 4) is 0 Å². The van der Waals surface area contributed by atoms with Crippen LogP contribution in [-0.2, 0) is 4.79 Å². The van der Waals surface area contributed by atoms with Gasteiger partial charge in [-0.2, -0.15) is 0 Å². The SMILES string of the molecule is CC(C)(CO)NC(=O)C1CCC(N)C1. The highest BCUT2D eigenvalue weighted by molar-refractivity contribution is 5.79. The van der Waals surface area contributed by atoms with Gasteiger partial charge < -0.3 is 16.2 Å². The van der Waals surface area contributed by atoms with E-state index in [4.69, 9.17) is 10.8 Å². The van der Waals surface area contributed by atoms with Gasteiger partial charge in [-0.25, -0.2) is 0 Å². The molecule has 0 spiro atoms. The number of hydrogen-bond donors (Lipinski definition) is 3. The Hall–Kier alpha value is -0.610. The second-order valence-corrected chi connectivity index (χ2v) is 4.80. The fourth-order valence-electron chi connectivity index (χ4n) is 1.73. The van der Waals surface area contributed by atoms with E-state index in [1.165, 1.54) is 0 Å². The summed E-state index contributed by atoms with van der Waals surface area (Å²) in [6, 6.07) is 0.169. The quantitative estimate of drug-likeness (QED) is 0.600. The summed E-state index contributed by atoms with van der Waals surface area (Å²) in [6.07, 6.45) is 2.57. The highest BCUT2D eigenvalue weighted by Crippen LogP contribution is 2.24. The van der Waals surface area contributed by atoms with Crippen LogP contribution in [0.15, 0.2) is 0 Å². The molecule has 1 rings (SSSR count). The van der Waals surface area contributed by atoms with Crippen LogP contribution in [0, 0.1) is 5.92 Å².